The van der Waals surface area contributed by atoms with Gasteiger partial charge < -0.3 is 15.0 Å². The first kappa shape index (κ1) is 21.2. The number of fused-ring (bicyclic) bond motifs is 1. The van der Waals surface area contributed by atoms with Gasteiger partial charge in [-0.2, -0.15) is 0 Å². The van der Waals surface area contributed by atoms with Crippen LogP contribution in [0.15, 0.2) is 95.1 Å². The fourth-order valence-electron chi connectivity index (χ4n) is 4.44. The Labute approximate surface area is 199 Å². The highest BCUT2D eigenvalue weighted by Gasteiger charge is 2.45. The van der Waals surface area contributed by atoms with Gasteiger partial charge in [0, 0.05) is 33.7 Å². The highest BCUT2D eigenvalue weighted by molar-refractivity contribution is 9.10. The Bertz CT molecular complexity index is 1370. The van der Waals surface area contributed by atoms with E-state index in [1.807, 2.05) is 60.8 Å². The van der Waals surface area contributed by atoms with E-state index >= 15 is 0 Å². The summed E-state index contributed by atoms with van der Waals surface area (Å²) in [7, 11) is 0. The molecular formula is C27H21BrN2O3. The molecule has 5 nitrogen and oxygen atoms in total. The summed E-state index contributed by atoms with van der Waals surface area (Å²) >= 11 is 3.38. The van der Waals surface area contributed by atoms with Crippen molar-refractivity contribution in [3.8, 4) is 0 Å². The van der Waals surface area contributed by atoms with E-state index in [-0.39, 0.29) is 11.3 Å². The lowest BCUT2D eigenvalue weighted by Gasteiger charge is -2.25. The van der Waals surface area contributed by atoms with E-state index in [4.69, 9.17) is 0 Å². The van der Waals surface area contributed by atoms with Crippen molar-refractivity contribution in [3.05, 3.63) is 112 Å². The molecule has 0 aliphatic carbocycles. The lowest BCUT2D eigenvalue weighted by molar-refractivity contribution is -0.139. The quantitative estimate of drug-likeness (QED) is 0.213. The summed E-state index contributed by atoms with van der Waals surface area (Å²) in [6.07, 6.45) is 2.53. The molecule has 1 saturated heterocycles. The zero-order valence-electron chi connectivity index (χ0n) is 17.7. The molecule has 33 heavy (non-hydrogen) atoms. The number of halogens is 1. The molecule has 1 fully saturated rings. The molecule has 4 aromatic rings. The van der Waals surface area contributed by atoms with Crippen LogP contribution < -0.4 is 0 Å². The van der Waals surface area contributed by atoms with Gasteiger partial charge in [0.1, 0.15) is 5.76 Å². The molecule has 1 amide bonds. The molecule has 1 atom stereocenters. The number of carbonyl (C=O) groups excluding carboxylic acids is 2. The van der Waals surface area contributed by atoms with Crippen LogP contribution in [-0.2, 0) is 16.0 Å². The summed E-state index contributed by atoms with van der Waals surface area (Å²) in [6, 6.07) is 23.8. The average Bonchev–Trinajstić information content (AvgIpc) is 3.37. The van der Waals surface area contributed by atoms with Crippen molar-refractivity contribution in [1.82, 2.24) is 9.88 Å². The van der Waals surface area contributed by atoms with E-state index in [9.17, 15) is 14.7 Å². The number of Topliss-reactive ketones (excluding diaryl/α,β-unsaturated/α-hetero) is 1. The van der Waals surface area contributed by atoms with Crippen LogP contribution in [0.4, 0.5) is 0 Å². The van der Waals surface area contributed by atoms with Gasteiger partial charge in [0.25, 0.3) is 11.7 Å². The van der Waals surface area contributed by atoms with Crippen molar-refractivity contribution >= 4 is 44.3 Å². The van der Waals surface area contributed by atoms with Gasteiger partial charge in [-0.05, 0) is 35.7 Å². The third-order valence-electron chi connectivity index (χ3n) is 6.07. The predicted molar refractivity (Wildman–Crippen MR) is 132 cm³/mol. The van der Waals surface area contributed by atoms with E-state index in [0.29, 0.717) is 18.5 Å². The standard InChI is InChI=1S/C27H21BrN2O3/c28-20-12-10-18(11-13-20)25(31)23-24(17-6-2-1-3-7-17)30(27(33)26(23)32)15-14-19-16-29-22-9-5-4-8-21(19)22/h1-13,16,24,29,31H,14-15H2/b25-23+. The van der Waals surface area contributed by atoms with Crippen molar-refractivity contribution < 1.29 is 14.7 Å². The number of aliphatic hydroxyl groups is 1. The number of ketones is 1. The number of H-pyrrole nitrogens is 1. The Morgan fingerprint density at radius 2 is 1.64 bits per heavy atom. The van der Waals surface area contributed by atoms with Gasteiger partial charge in [-0.15, -0.1) is 0 Å². The first-order chi connectivity index (χ1) is 16.0. The van der Waals surface area contributed by atoms with E-state index in [2.05, 4.69) is 20.9 Å². The summed E-state index contributed by atoms with van der Waals surface area (Å²) in [6.45, 7) is 0.350. The summed E-state index contributed by atoms with van der Waals surface area (Å²) in [4.78, 5) is 31.1. The van der Waals surface area contributed by atoms with Gasteiger partial charge in [-0.25, -0.2) is 0 Å². The van der Waals surface area contributed by atoms with Crippen molar-refractivity contribution in [2.75, 3.05) is 6.54 Å². The van der Waals surface area contributed by atoms with Crippen LogP contribution in [-0.4, -0.2) is 33.2 Å². The molecule has 2 N–H and O–H groups in total. The number of para-hydroxylation sites is 1. The minimum Gasteiger partial charge on any atom is -0.507 e. The van der Waals surface area contributed by atoms with Gasteiger partial charge in [0.2, 0.25) is 0 Å². The molecule has 0 saturated carbocycles. The monoisotopic (exact) mass is 500 g/mol. The average molecular weight is 501 g/mol. The molecule has 1 unspecified atom stereocenters. The van der Waals surface area contributed by atoms with Gasteiger partial charge in [0.05, 0.1) is 11.6 Å². The first-order valence-corrected chi connectivity index (χ1v) is 11.5. The number of hydrogen-bond acceptors (Lipinski definition) is 3. The Morgan fingerprint density at radius 1 is 0.939 bits per heavy atom. The number of nitrogens with zero attached hydrogens (tertiary/aromatic N) is 1. The van der Waals surface area contributed by atoms with Crippen LogP contribution in [0.2, 0.25) is 0 Å². The number of rotatable bonds is 5. The zero-order chi connectivity index (χ0) is 22.9. The molecule has 3 aromatic carbocycles. The maximum Gasteiger partial charge on any atom is 0.295 e. The molecule has 1 aliphatic heterocycles. The molecule has 2 heterocycles. The van der Waals surface area contributed by atoms with Gasteiger partial charge in [-0.3, -0.25) is 9.59 Å². The second-order valence-electron chi connectivity index (χ2n) is 8.02. The summed E-state index contributed by atoms with van der Waals surface area (Å²) < 4.78 is 0.859. The van der Waals surface area contributed by atoms with Crippen molar-refractivity contribution in [2.45, 2.75) is 12.5 Å². The number of likely N-dealkylation sites (tertiary alicyclic amines) is 1. The van der Waals surface area contributed by atoms with E-state index in [1.165, 1.54) is 0 Å². The van der Waals surface area contributed by atoms with Crippen LogP contribution in [0.1, 0.15) is 22.7 Å². The lowest BCUT2D eigenvalue weighted by Crippen LogP contribution is -2.31. The molecular weight excluding hydrogens is 480 g/mol. The minimum atomic E-state index is -0.664. The molecule has 1 aliphatic rings. The number of aromatic nitrogens is 1. The maximum atomic E-state index is 13.1. The SMILES string of the molecule is O=C1C(=O)N(CCc2c[nH]c3ccccc23)C(c2ccccc2)/C1=C(\O)c1ccc(Br)cc1. The molecule has 0 spiro atoms. The number of nitrogens with one attached hydrogen (secondary N) is 1. The van der Waals surface area contributed by atoms with Gasteiger partial charge >= 0.3 is 0 Å². The number of amides is 1. The number of aliphatic hydroxyl groups excluding tert-OH is 1. The number of carbonyl (C=O) groups is 2. The highest BCUT2D eigenvalue weighted by atomic mass is 79.9. The van der Waals surface area contributed by atoms with Crippen LogP contribution in [0, 0.1) is 0 Å². The summed E-state index contributed by atoms with van der Waals surface area (Å²) in [5, 5.41) is 12.2. The zero-order valence-corrected chi connectivity index (χ0v) is 19.2. The van der Waals surface area contributed by atoms with Crippen LogP contribution >= 0.6 is 15.9 Å². The second kappa shape index (κ2) is 8.71. The smallest absolute Gasteiger partial charge is 0.295 e. The minimum absolute atomic E-state index is 0.118. The van der Waals surface area contributed by atoms with Crippen molar-refractivity contribution in [2.24, 2.45) is 0 Å². The van der Waals surface area contributed by atoms with Crippen LogP contribution in [0.5, 0.6) is 0 Å². The van der Waals surface area contributed by atoms with E-state index < -0.39 is 17.7 Å². The number of hydrogen-bond donors (Lipinski definition) is 2. The third-order valence-corrected chi connectivity index (χ3v) is 6.60. The Balaban J connectivity index is 1.55. The highest BCUT2D eigenvalue weighted by Crippen LogP contribution is 2.39. The van der Waals surface area contributed by atoms with Crippen molar-refractivity contribution in [1.29, 1.82) is 0 Å². The predicted octanol–water partition coefficient (Wildman–Crippen LogP) is 5.59. The Hall–Kier alpha value is -3.64. The number of aromatic amines is 1. The van der Waals surface area contributed by atoms with Gasteiger partial charge in [-0.1, -0.05) is 76.6 Å². The maximum absolute atomic E-state index is 13.1. The molecule has 1 aromatic heterocycles. The topological polar surface area (TPSA) is 73.4 Å². The molecule has 0 bridgehead atoms. The van der Waals surface area contributed by atoms with Crippen LogP contribution in [0.25, 0.3) is 16.7 Å². The lowest BCUT2D eigenvalue weighted by atomic mass is 9.95. The summed E-state index contributed by atoms with van der Waals surface area (Å²) in [5.74, 6) is -1.42. The molecule has 5 rings (SSSR count). The molecule has 164 valence electrons. The van der Waals surface area contributed by atoms with E-state index in [1.54, 1.807) is 29.2 Å². The van der Waals surface area contributed by atoms with E-state index in [0.717, 1.165) is 26.5 Å². The number of benzene rings is 3. The Kier molecular flexibility index (Phi) is 5.60. The fourth-order valence-corrected chi connectivity index (χ4v) is 4.70. The summed E-state index contributed by atoms with van der Waals surface area (Å²) in [5.41, 5.74) is 3.51. The Morgan fingerprint density at radius 3 is 2.39 bits per heavy atom. The fraction of sp³-hybridized carbons (Fsp3) is 0.111. The van der Waals surface area contributed by atoms with Crippen molar-refractivity contribution in [3.63, 3.8) is 0 Å². The molecule has 6 heteroatoms. The third kappa shape index (κ3) is 3.87. The normalized spacial score (nSPS) is 17.7. The second-order valence-corrected chi connectivity index (χ2v) is 8.94. The van der Waals surface area contributed by atoms with Crippen LogP contribution in [0.3, 0.4) is 0 Å². The first-order valence-electron chi connectivity index (χ1n) is 10.7. The van der Waals surface area contributed by atoms with Gasteiger partial charge in [0.15, 0.2) is 0 Å². The largest absolute Gasteiger partial charge is 0.507 e. The molecule has 0 radical (unpaired) electrons.